The van der Waals surface area contributed by atoms with E-state index in [1.54, 1.807) is 0 Å². The first kappa shape index (κ1) is 29.1. The van der Waals surface area contributed by atoms with Crippen LogP contribution in [0.25, 0.3) is 55.3 Å². The highest BCUT2D eigenvalue weighted by atomic mass is 15.2. The van der Waals surface area contributed by atoms with E-state index in [0.717, 1.165) is 25.7 Å². The van der Waals surface area contributed by atoms with Crippen LogP contribution in [0, 0.1) is 5.92 Å². The minimum atomic E-state index is 0.247. The Morgan fingerprint density at radius 3 is 2.06 bits per heavy atom. The van der Waals surface area contributed by atoms with Gasteiger partial charge in [-0.1, -0.05) is 140 Å². The lowest BCUT2D eigenvalue weighted by atomic mass is 9.77. The Balaban J connectivity index is 1.15. The molecule has 0 radical (unpaired) electrons. The van der Waals surface area contributed by atoms with Crippen LogP contribution >= 0.6 is 0 Å². The Hall–Kier alpha value is -5.86. The average molecular weight is 643 g/mol. The van der Waals surface area contributed by atoms with Gasteiger partial charge in [0.1, 0.15) is 0 Å². The molecule has 10 rings (SSSR count). The molecule has 2 unspecified atom stereocenters. The van der Waals surface area contributed by atoms with Gasteiger partial charge in [0.2, 0.25) is 0 Å². The molecule has 0 saturated carbocycles. The van der Waals surface area contributed by atoms with Crippen molar-refractivity contribution in [2.24, 2.45) is 5.92 Å². The molecule has 0 spiro atoms. The van der Waals surface area contributed by atoms with E-state index in [4.69, 9.17) is 0 Å². The topological polar surface area (TPSA) is 8.17 Å². The van der Waals surface area contributed by atoms with E-state index in [0.29, 0.717) is 0 Å². The molecule has 0 saturated heterocycles. The highest BCUT2D eigenvalue weighted by Gasteiger charge is 2.43. The molecule has 6 aromatic rings. The predicted octanol–water partition coefficient (Wildman–Crippen LogP) is 12.4. The van der Waals surface area contributed by atoms with Crippen LogP contribution in [0.15, 0.2) is 181 Å². The summed E-state index contributed by atoms with van der Waals surface area (Å²) < 4.78 is 2.46. The van der Waals surface area contributed by atoms with E-state index < -0.39 is 0 Å². The van der Waals surface area contributed by atoms with Gasteiger partial charge >= 0.3 is 0 Å². The first-order valence-electron chi connectivity index (χ1n) is 18.1. The van der Waals surface area contributed by atoms with Crippen molar-refractivity contribution in [3.8, 4) is 22.3 Å². The molecule has 3 aliphatic carbocycles. The molecule has 4 aliphatic rings. The van der Waals surface area contributed by atoms with Crippen molar-refractivity contribution in [3.63, 3.8) is 0 Å². The van der Waals surface area contributed by atoms with E-state index in [2.05, 4.69) is 179 Å². The molecule has 2 atom stereocenters. The van der Waals surface area contributed by atoms with Gasteiger partial charge in [-0.3, -0.25) is 0 Å². The van der Waals surface area contributed by atoms with Crippen LogP contribution in [0.5, 0.6) is 0 Å². The molecule has 0 bridgehead atoms. The maximum atomic E-state index is 2.61. The van der Waals surface area contributed by atoms with Crippen molar-refractivity contribution >= 4 is 38.8 Å². The smallest absolute Gasteiger partial charge is 0.0632 e. The normalized spacial score (nSPS) is 19.6. The van der Waals surface area contributed by atoms with Gasteiger partial charge in [0, 0.05) is 33.8 Å². The fourth-order valence-electron chi connectivity index (χ4n) is 9.04. The molecule has 240 valence electrons. The zero-order valence-corrected chi connectivity index (χ0v) is 28.0. The van der Waals surface area contributed by atoms with Crippen LogP contribution < -0.4 is 4.90 Å². The summed E-state index contributed by atoms with van der Waals surface area (Å²) in [5, 5.41) is 2.60. The van der Waals surface area contributed by atoms with Crippen LogP contribution in [0.2, 0.25) is 0 Å². The Bertz CT molecular complexity index is 2500. The summed E-state index contributed by atoms with van der Waals surface area (Å²) in [4.78, 5) is 2.61. The lowest BCUT2D eigenvalue weighted by Gasteiger charge is -2.33. The number of nitrogens with zero attached hydrogens (tertiary/aromatic N) is 2. The van der Waals surface area contributed by atoms with Gasteiger partial charge < -0.3 is 9.47 Å². The molecule has 0 N–H and O–H groups in total. The third-order valence-electron chi connectivity index (χ3n) is 11.1. The van der Waals surface area contributed by atoms with Crippen molar-refractivity contribution in [3.05, 3.63) is 187 Å². The first-order valence-corrected chi connectivity index (χ1v) is 18.1. The summed E-state index contributed by atoms with van der Waals surface area (Å²) >= 11 is 0. The van der Waals surface area contributed by atoms with Crippen LogP contribution in [-0.4, -0.2) is 10.6 Å². The number of para-hydroxylation sites is 2. The van der Waals surface area contributed by atoms with Crippen LogP contribution in [0.1, 0.15) is 31.2 Å². The Morgan fingerprint density at radius 2 is 1.24 bits per heavy atom. The number of benzene rings is 5. The van der Waals surface area contributed by atoms with Crippen molar-refractivity contribution in [2.45, 2.75) is 31.7 Å². The number of hydrogen-bond acceptors (Lipinski definition) is 1. The molecule has 0 fully saturated rings. The van der Waals surface area contributed by atoms with Gasteiger partial charge in [-0.2, -0.15) is 0 Å². The SMILES string of the molecule is C1=CC2C(C(c3ccccc3-c3ccccc3-c3cccc4c3c3ccccc3n4C3=CCCC=C3)=C1)C1=C(CCC=C1)N2c1ccccc1. The Morgan fingerprint density at radius 1 is 0.560 bits per heavy atom. The van der Waals surface area contributed by atoms with Gasteiger partial charge in [0.25, 0.3) is 0 Å². The van der Waals surface area contributed by atoms with E-state index in [-0.39, 0.29) is 12.0 Å². The number of anilines is 1. The molecule has 5 aromatic carbocycles. The summed E-state index contributed by atoms with van der Waals surface area (Å²) in [6.07, 6.45) is 23.2. The highest BCUT2D eigenvalue weighted by molar-refractivity contribution is 6.17. The second-order valence-electron chi connectivity index (χ2n) is 13.8. The van der Waals surface area contributed by atoms with Gasteiger partial charge in [-0.05, 0) is 95.0 Å². The zero-order valence-electron chi connectivity index (χ0n) is 28.0. The zero-order chi connectivity index (χ0) is 33.0. The van der Waals surface area contributed by atoms with Gasteiger partial charge in [-0.25, -0.2) is 0 Å². The second-order valence-corrected chi connectivity index (χ2v) is 13.8. The predicted molar refractivity (Wildman–Crippen MR) is 212 cm³/mol. The molecule has 2 nitrogen and oxygen atoms in total. The number of hydrogen-bond donors (Lipinski definition) is 0. The third kappa shape index (κ3) is 4.48. The fraction of sp³-hybridized carbons (Fsp3) is 0.125. The molecule has 2 heteroatoms. The quantitative estimate of drug-likeness (QED) is 0.182. The molecule has 50 heavy (non-hydrogen) atoms. The molecule has 2 heterocycles. The van der Waals surface area contributed by atoms with E-state index >= 15 is 0 Å². The Kier molecular flexibility index (Phi) is 6.94. The third-order valence-corrected chi connectivity index (χ3v) is 11.1. The minimum absolute atomic E-state index is 0.247. The van der Waals surface area contributed by atoms with Gasteiger partial charge in [-0.15, -0.1) is 0 Å². The standard InChI is InChI=1S/C48H38N2/c1-3-17-33(18-4-1)49-43-29-13-11-25-41(43)47-39(27-15-31-45(47)49)37-23-9-7-21-35(37)36-22-8-10-24-38(36)40-28-16-32-46-48(40)42-26-12-14-30-44(42)50(46)34-19-5-2-6-20-34/h1,3-5,7-12,14-28,30-32,45,47H,2,6,13,29H2. The highest BCUT2D eigenvalue weighted by Crippen LogP contribution is 2.51. The summed E-state index contributed by atoms with van der Waals surface area (Å²) in [6.45, 7) is 0. The van der Waals surface area contributed by atoms with Crippen molar-refractivity contribution in [2.75, 3.05) is 4.90 Å². The van der Waals surface area contributed by atoms with Crippen LogP contribution in [0.3, 0.4) is 0 Å². The molecule has 1 aromatic heterocycles. The van der Waals surface area contributed by atoms with Crippen LogP contribution in [0.4, 0.5) is 5.69 Å². The second kappa shape index (κ2) is 11.9. The first-order chi connectivity index (χ1) is 24.9. The summed E-state index contributed by atoms with van der Waals surface area (Å²) in [6, 6.07) is 45.1. The summed E-state index contributed by atoms with van der Waals surface area (Å²) in [5.74, 6) is 0.262. The van der Waals surface area contributed by atoms with Crippen molar-refractivity contribution in [1.29, 1.82) is 0 Å². The molecular weight excluding hydrogens is 605 g/mol. The van der Waals surface area contributed by atoms with Crippen molar-refractivity contribution in [1.82, 2.24) is 4.57 Å². The monoisotopic (exact) mass is 642 g/mol. The van der Waals surface area contributed by atoms with E-state index in [1.165, 1.54) is 77.9 Å². The lowest BCUT2D eigenvalue weighted by molar-refractivity contribution is 0.696. The number of fused-ring (bicyclic) bond motifs is 5. The van der Waals surface area contributed by atoms with E-state index in [1.807, 2.05) is 0 Å². The van der Waals surface area contributed by atoms with Gasteiger partial charge in [0.15, 0.2) is 0 Å². The summed E-state index contributed by atoms with van der Waals surface area (Å²) in [5.41, 5.74) is 15.8. The number of rotatable bonds is 5. The molecule has 0 amide bonds. The van der Waals surface area contributed by atoms with E-state index in [9.17, 15) is 0 Å². The average Bonchev–Trinajstić information content (AvgIpc) is 3.72. The minimum Gasteiger partial charge on any atom is -0.337 e. The summed E-state index contributed by atoms with van der Waals surface area (Å²) in [7, 11) is 0. The Labute approximate surface area is 294 Å². The lowest BCUT2D eigenvalue weighted by Crippen LogP contribution is -2.34. The fourth-order valence-corrected chi connectivity index (χ4v) is 9.04. The maximum Gasteiger partial charge on any atom is 0.0632 e. The maximum absolute atomic E-state index is 2.61. The number of aromatic nitrogens is 1. The largest absolute Gasteiger partial charge is 0.337 e. The van der Waals surface area contributed by atoms with Gasteiger partial charge in [0.05, 0.1) is 17.1 Å². The van der Waals surface area contributed by atoms with Crippen LogP contribution in [-0.2, 0) is 0 Å². The number of allylic oxidation sites excluding steroid dienone is 9. The molecular formula is C48H38N2. The van der Waals surface area contributed by atoms with Crippen molar-refractivity contribution < 1.29 is 0 Å². The molecule has 1 aliphatic heterocycles.